The largest absolute Gasteiger partial charge is 0.456 e. The second-order valence-corrected chi connectivity index (χ2v) is 7.32. The van der Waals surface area contributed by atoms with Crippen LogP contribution >= 0.6 is 0 Å². The van der Waals surface area contributed by atoms with E-state index in [4.69, 9.17) is 4.74 Å². The number of pyridine rings is 1. The first-order chi connectivity index (χ1) is 15.4. The summed E-state index contributed by atoms with van der Waals surface area (Å²) in [6.45, 7) is 0. The molecule has 5 heteroatoms. The van der Waals surface area contributed by atoms with Crippen molar-refractivity contribution in [3.8, 4) is 22.9 Å². The van der Waals surface area contributed by atoms with Crippen molar-refractivity contribution in [1.29, 1.82) is 0 Å². The molecule has 0 aliphatic rings. The van der Waals surface area contributed by atoms with Crippen LogP contribution in [0.25, 0.3) is 33.2 Å². The summed E-state index contributed by atoms with van der Waals surface area (Å²) in [5, 5.41) is 2.41. The highest BCUT2D eigenvalue weighted by Crippen LogP contribution is 2.35. The van der Waals surface area contributed by atoms with E-state index in [9.17, 15) is 0 Å². The second-order valence-electron chi connectivity index (χ2n) is 7.32. The molecule has 6 aromatic rings. The van der Waals surface area contributed by atoms with E-state index in [0.717, 1.165) is 22.6 Å². The van der Waals surface area contributed by atoms with Crippen LogP contribution < -0.4 is 4.74 Å². The molecule has 0 atom stereocenters. The molecule has 0 saturated carbocycles. The van der Waals surface area contributed by atoms with E-state index < -0.39 is 0 Å². The monoisotopic (exact) mass is 402 g/mol. The number of aromatic nitrogens is 4. The van der Waals surface area contributed by atoms with Gasteiger partial charge in [-0.3, -0.25) is 4.98 Å². The standard InChI is InChI=1S/C26H18N4O/c1-2-6-19(7-3-1)30-25-9-5-4-8-23(25)24-11-10-21(15-26(24)30)31-22-14-20(16-28-17-22)29-13-12-27-18-29/h1-18H. The molecule has 0 N–H and O–H groups in total. The zero-order chi connectivity index (χ0) is 20.6. The van der Waals surface area contributed by atoms with Crippen molar-refractivity contribution in [3.63, 3.8) is 0 Å². The van der Waals surface area contributed by atoms with Gasteiger partial charge in [-0.05, 0) is 30.3 Å². The van der Waals surface area contributed by atoms with Crippen molar-refractivity contribution in [3.05, 3.63) is 110 Å². The van der Waals surface area contributed by atoms with Gasteiger partial charge < -0.3 is 13.9 Å². The Morgan fingerprint density at radius 1 is 0.645 bits per heavy atom. The summed E-state index contributed by atoms with van der Waals surface area (Å²) in [5.74, 6) is 1.44. The van der Waals surface area contributed by atoms with Crippen molar-refractivity contribution in [2.45, 2.75) is 0 Å². The number of benzene rings is 3. The zero-order valence-corrected chi connectivity index (χ0v) is 16.6. The van der Waals surface area contributed by atoms with Gasteiger partial charge in [0.1, 0.15) is 11.5 Å². The lowest BCUT2D eigenvalue weighted by molar-refractivity contribution is 0.480. The van der Waals surface area contributed by atoms with E-state index >= 15 is 0 Å². The van der Waals surface area contributed by atoms with Gasteiger partial charge in [-0.15, -0.1) is 0 Å². The van der Waals surface area contributed by atoms with Gasteiger partial charge in [0.2, 0.25) is 0 Å². The predicted octanol–water partition coefficient (Wildman–Crippen LogP) is 6.16. The first kappa shape index (κ1) is 17.5. The topological polar surface area (TPSA) is 44.9 Å². The Hall–Kier alpha value is -4.38. The van der Waals surface area contributed by atoms with Crippen LogP contribution in [0.15, 0.2) is 110 Å². The molecule has 0 fully saturated rings. The quantitative estimate of drug-likeness (QED) is 0.355. The van der Waals surface area contributed by atoms with E-state index in [1.54, 1.807) is 24.9 Å². The first-order valence-corrected chi connectivity index (χ1v) is 10.1. The number of fused-ring (bicyclic) bond motifs is 3. The molecule has 0 bridgehead atoms. The van der Waals surface area contributed by atoms with Crippen LogP contribution in [-0.4, -0.2) is 19.1 Å². The minimum Gasteiger partial charge on any atom is -0.456 e. The molecule has 3 aromatic carbocycles. The molecule has 3 aromatic heterocycles. The normalized spacial score (nSPS) is 11.2. The minimum atomic E-state index is 0.674. The van der Waals surface area contributed by atoms with Gasteiger partial charge in [0.15, 0.2) is 0 Å². The molecule has 148 valence electrons. The van der Waals surface area contributed by atoms with Gasteiger partial charge in [0, 0.05) is 41.0 Å². The molecule has 5 nitrogen and oxygen atoms in total. The van der Waals surface area contributed by atoms with E-state index in [1.807, 2.05) is 29.0 Å². The lowest BCUT2D eigenvalue weighted by atomic mass is 10.1. The van der Waals surface area contributed by atoms with Crippen LogP contribution in [0.2, 0.25) is 0 Å². The minimum absolute atomic E-state index is 0.674. The third-order valence-electron chi connectivity index (χ3n) is 5.40. The van der Waals surface area contributed by atoms with E-state index in [-0.39, 0.29) is 0 Å². The molecule has 6 rings (SSSR count). The SMILES string of the molecule is c1ccc(-n2c3ccccc3c3ccc(Oc4cncc(-n5ccnc5)c4)cc32)cc1. The van der Waals surface area contributed by atoms with E-state index in [2.05, 4.69) is 75.2 Å². The Labute approximate surface area is 178 Å². The maximum atomic E-state index is 6.20. The maximum Gasteiger partial charge on any atom is 0.147 e. The number of ether oxygens (including phenoxy) is 1. The Balaban J connectivity index is 1.48. The Morgan fingerprint density at radius 3 is 2.35 bits per heavy atom. The molecule has 0 unspecified atom stereocenters. The van der Waals surface area contributed by atoms with Crippen LogP contribution in [-0.2, 0) is 0 Å². The summed E-state index contributed by atoms with van der Waals surface area (Å²) >= 11 is 0. The van der Waals surface area contributed by atoms with Gasteiger partial charge in [-0.2, -0.15) is 0 Å². The molecule has 3 heterocycles. The molecule has 0 radical (unpaired) electrons. The van der Waals surface area contributed by atoms with Crippen molar-refractivity contribution >= 4 is 21.8 Å². The van der Waals surface area contributed by atoms with Gasteiger partial charge >= 0.3 is 0 Å². The summed E-state index contributed by atoms with van der Waals surface area (Å²) in [4.78, 5) is 8.42. The number of rotatable bonds is 4. The Kier molecular flexibility index (Phi) is 4.03. The lowest BCUT2D eigenvalue weighted by Gasteiger charge is -2.10. The van der Waals surface area contributed by atoms with E-state index in [1.165, 1.54) is 16.3 Å². The fourth-order valence-electron chi connectivity index (χ4n) is 4.02. The molecule has 0 spiro atoms. The molecule has 0 aliphatic heterocycles. The Morgan fingerprint density at radius 2 is 1.48 bits per heavy atom. The van der Waals surface area contributed by atoms with Crippen LogP contribution in [0.4, 0.5) is 0 Å². The number of hydrogen-bond donors (Lipinski definition) is 0. The lowest BCUT2D eigenvalue weighted by Crippen LogP contribution is -1.94. The smallest absolute Gasteiger partial charge is 0.147 e. The fraction of sp³-hybridized carbons (Fsp3) is 0. The van der Waals surface area contributed by atoms with Crippen LogP contribution in [0, 0.1) is 0 Å². The molecular weight excluding hydrogens is 384 g/mol. The Bertz CT molecular complexity index is 1500. The third-order valence-corrected chi connectivity index (χ3v) is 5.40. The summed E-state index contributed by atoms with van der Waals surface area (Å²) < 4.78 is 10.4. The highest BCUT2D eigenvalue weighted by Gasteiger charge is 2.13. The highest BCUT2D eigenvalue weighted by molar-refractivity contribution is 6.09. The van der Waals surface area contributed by atoms with Crippen LogP contribution in [0.5, 0.6) is 11.5 Å². The van der Waals surface area contributed by atoms with E-state index in [0.29, 0.717) is 5.75 Å². The van der Waals surface area contributed by atoms with Crippen molar-refractivity contribution in [2.75, 3.05) is 0 Å². The van der Waals surface area contributed by atoms with Crippen molar-refractivity contribution < 1.29 is 4.74 Å². The zero-order valence-electron chi connectivity index (χ0n) is 16.6. The maximum absolute atomic E-state index is 6.20. The summed E-state index contributed by atoms with van der Waals surface area (Å²) in [5.41, 5.74) is 4.29. The molecule has 0 aliphatic carbocycles. The van der Waals surface area contributed by atoms with Crippen LogP contribution in [0.1, 0.15) is 0 Å². The summed E-state index contributed by atoms with van der Waals surface area (Å²) in [6, 6.07) is 27.0. The average Bonchev–Trinajstić information content (AvgIpc) is 3.46. The number of para-hydroxylation sites is 2. The number of nitrogens with zero attached hydrogens (tertiary/aromatic N) is 4. The van der Waals surface area contributed by atoms with Gasteiger partial charge in [-0.25, -0.2) is 4.98 Å². The number of hydrogen-bond acceptors (Lipinski definition) is 3. The fourth-order valence-corrected chi connectivity index (χ4v) is 4.02. The van der Waals surface area contributed by atoms with Crippen molar-refractivity contribution in [2.24, 2.45) is 0 Å². The van der Waals surface area contributed by atoms with Gasteiger partial charge in [0.25, 0.3) is 0 Å². The summed E-state index contributed by atoms with van der Waals surface area (Å²) in [7, 11) is 0. The highest BCUT2D eigenvalue weighted by atomic mass is 16.5. The van der Waals surface area contributed by atoms with Crippen molar-refractivity contribution in [1.82, 2.24) is 19.1 Å². The van der Waals surface area contributed by atoms with Crippen LogP contribution in [0.3, 0.4) is 0 Å². The average molecular weight is 402 g/mol. The predicted molar refractivity (Wildman–Crippen MR) is 122 cm³/mol. The molecule has 0 amide bonds. The summed E-state index contributed by atoms with van der Waals surface area (Å²) in [6.07, 6.45) is 8.86. The molecule has 31 heavy (non-hydrogen) atoms. The number of imidazole rings is 1. The first-order valence-electron chi connectivity index (χ1n) is 10.1. The third kappa shape index (κ3) is 3.04. The molecular formula is C26H18N4O. The van der Waals surface area contributed by atoms with Gasteiger partial charge in [-0.1, -0.05) is 36.4 Å². The van der Waals surface area contributed by atoms with Gasteiger partial charge in [0.05, 0.1) is 35.4 Å². The second kappa shape index (κ2) is 7.15. The molecule has 0 saturated heterocycles.